The molecule has 70 valence electrons. The SMILES string of the molecule is CN=C(/C=C\N)CN(C)CCO. The average molecular weight is 171 g/mol. The first-order valence-corrected chi connectivity index (χ1v) is 3.88. The number of aliphatic hydroxyl groups is 1. The van der Waals surface area contributed by atoms with E-state index in [1.165, 1.54) is 6.20 Å². The van der Waals surface area contributed by atoms with Crippen molar-refractivity contribution in [3.8, 4) is 0 Å². The van der Waals surface area contributed by atoms with Crippen LogP contribution in [0.2, 0.25) is 0 Å². The van der Waals surface area contributed by atoms with Gasteiger partial charge in [0.2, 0.25) is 0 Å². The van der Waals surface area contributed by atoms with Gasteiger partial charge in [0.05, 0.1) is 6.61 Å². The third-order valence-electron chi connectivity index (χ3n) is 1.49. The number of aliphatic imine (C=N–C) groups is 1. The number of nitrogens with two attached hydrogens (primary N) is 1. The van der Waals surface area contributed by atoms with Crippen molar-refractivity contribution in [2.24, 2.45) is 10.7 Å². The molecule has 0 heterocycles. The topological polar surface area (TPSA) is 61.8 Å². The smallest absolute Gasteiger partial charge is 0.0558 e. The lowest BCUT2D eigenvalue weighted by Gasteiger charge is -2.14. The Kier molecular flexibility index (Phi) is 6.32. The number of rotatable bonds is 5. The van der Waals surface area contributed by atoms with Gasteiger partial charge >= 0.3 is 0 Å². The summed E-state index contributed by atoms with van der Waals surface area (Å²) in [6.07, 6.45) is 3.23. The molecule has 0 rings (SSSR count). The maximum absolute atomic E-state index is 8.63. The molecule has 0 aliphatic rings. The van der Waals surface area contributed by atoms with Crippen molar-refractivity contribution in [2.75, 3.05) is 33.8 Å². The summed E-state index contributed by atoms with van der Waals surface area (Å²) in [5, 5.41) is 8.63. The van der Waals surface area contributed by atoms with Crippen molar-refractivity contribution in [3.63, 3.8) is 0 Å². The van der Waals surface area contributed by atoms with Crippen LogP contribution in [0.15, 0.2) is 17.3 Å². The summed E-state index contributed by atoms with van der Waals surface area (Å²) in [7, 11) is 3.65. The molecule has 0 aromatic heterocycles. The Labute approximate surface area is 73.4 Å². The highest BCUT2D eigenvalue weighted by Gasteiger charge is 1.99. The average Bonchev–Trinajstić information content (AvgIpc) is 2.04. The Morgan fingerprint density at radius 1 is 1.67 bits per heavy atom. The standard InChI is InChI=1S/C8H17N3O/c1-10-8(3-4-9)7-11(2)5-6-12/h3-4,12H,5-7,9H2,1-2H3/b4-3-,10-8?. The van der Waals surface area contributed by atoms with Gasteiger partial charge in [-0.15, -0.1) is 0 Å². The maximum Gasteiger partial charge on any atom is 0.0558 e. The molecule has 0 radical (unpaired) electrons. The Morgan fingerprint density at radius 3 is 2.75 bits per heavy atom. The van der Waals surface area contributed by atoms with E-state index in [0.717, 1.165) is 5.71 Å². The number of aliphatic hydroxyl groups excluding tert-OH is 1. The highest BCUT2D eigenvalue weighted by molar-refractivity contribution is 5.96. The van der Waals surface area contributed by atoms with E-state index in [-0.39, 0.29) is 6.61 Å². The van der Waals surface area contributed by atoms with Gasteiger partial charge < -0.3 is 10.8 Å². The molecule has 0 saturated carbocycles. The van der Waals surface area contributed by atoms with Crippen molar-refractivity contribution in [3.05, 3.63) is 12.3 Å². The van der Waals surface area contributed by atoms with Crippen LogP contribution < -0.4 is 5.73 Å². The lowest BCUT2D eigenvalue weighted by Crippen LogP contribution is -2.27. The van der Waals surface area contributed by atoms with Gasteiger partial charge in [0.1, 0.15) is 0 Å². The lowest BCUT2D eigenvalue weighted by molar-refractivity contribution is 0.235. The van der Waals surface area contributed by atoms with Gasteiger partial charge in [-0.1, -0.05) is 0 Å². The van der Waals surface area contributed by atoms with E-state index in [2.05, 4.69) is 4.99 Å². The highest BCUT2D eigenvalue weighted by atomic mass is 16.3. The molecule has 0 aromatic carbocycles. The molecule has 4 nitrogen and oxygen atoms in total. The van der Waals surface area contributed by atoms with Crippen LogP contribution in [0.1, 0.15) is 0 Å². The first-order valence-electron chi connectivity index (χ1n) is 3.88. The predicted octanol–water partition coefficient (Wildman–Crippen LogP) is -0.546. The fourth-order valence-electron chi connectivity index (χ4n) is 0.835. The van der Waals surface area contributed by atoms with Crippen molar-refractivity contribution in [1.82, 2.24) is 4.90 Å². The van der Waals surface area contributed by atoms with Crippen LogP contribution >= 0.6 is 0 Å². The Bertz CT molecular complexity index is 166. The van der Waals surface area contributed by atoms with E-state index in [9.17, 15) is 0 Å². The largest absolute Gasteiger partial charge is 0.405 e. The molecular formula is C8H17N3O. The van der Waals surface area contributed by atoms with E-state index in [4.69, 9.17) is 10.8 Å². The van der Waals surface area contributed by atoms with Crippen LogP contribution in [0, 0.1) is 0 Å². The number of likely N-dealkylation sites (N-methyl/N-ethyl adjacent to an activating group) is 1. The van der Waals surface area contributed by atoms with Gasteiger partial charge in [-0.05, 0) is 19.3 Å². The highest BCUT2D eigenvalue weighted by Crippen LogP contribution is 1.86. The summed E-state index contributed by atoms with van der Waals surface area (Å²) < 4.78 is 0. The first-order chi connectivity index (χ1) is 5.74. The van der Waals surface area contributed by atoms with E-state index >= 15 is 0 Å². The van der Waals surface area contributed by atoms with Gasteiger partial charge in [0.15, 0.2) is 0 Å². The Morgan fingerprint density at radius 2 is 2.33 bits per heavy atom. The number of nitrogens with zero attached hydrogens (tertiary/aromatic N) is 2. The number of hydrogen-bond donors (Lipinski definition) is 2. The third-order valence-corrected chi connectivity index (χ3v) is 1.49. The van der Waals surface area contributed by atoms with Crippen LogP contribution in [-0.4, -0.2) is 49.5 Å². The van der Waals surface area contributed by atoms with Gasteiger partial charge in [-0.3, -0.25) is 9.89 Å². The molecule has 0 aromatic rings. The molecule has 0 amide bonds. The van der Waals surface area contributed by atoms with E-state index in [1.807, 2.05) is 11.9 Å². The molecule has 12 heavy (non-hydrogen) atoms. The molecule has 0 bridgehead atoms. The van der Waals surface area contributed by atoms with Gasteiger partial charge in [-0.25, -0.2) is 0 Å². The number of hydrogen-bond acceptors (Lipinski definition) is 4. The zero-order valence-corrected chi connectivity index (χ0v) is 7.70. The van der Waals surface area contributed by atoms with Crippen molar-refractivity contribution in [1.29, 1.82) is 0 Å². The quantitative estimate of drug-likeness (QED) is 0.546. The van der Waals surface area contributed by atoms with Gasteiger partial charge in [-0.2, -0.15) is 0 Å². The summed E-state index contributed by atoms with van der Waals surface area (Å²) >= 11 is 0. The zero-order chi connectivity index (χ0) is 9.40. The summed E-state index contributed by atoms with van der Waals surface area (Å²) in [5.74, 6) is 0. The molecular weight excluding hydrogens is 154 g/mol. The minimum absolute atomic E-state index is 0.167. The van der Waals surface area contributed by atoms with Crippen LogP contribution in [0.4, 0.5) is 0 Å². The van der Waals surface area contributed by atoms with Crippen molar-refractivity contribution >= 4 is 5.71 Å². The van der Waals surface area contributed by atoms with Crippen LogP contribution in [0.25, 0.3) is 0 Å². The normalized spacial score (nSPS) is 13.2. The second-order valence-electron chi connectivity index (χ2n) is 2.54. The molecule has 3 N–H and O–H groups in total. The minimum atomic E-state index is 0.167. The predicted molar refractivity (Wildman–Crippen MR) is 51.3 cm³/mol. The van der Waals surface area contributed by atoms with E-state index in [0.29, 0.717) is 13.1 Å². The van der Waals surface area contributed by atoms with Crippen molar-refractivity contribution < 1.29 is 5.11 Å². The summed E-state index contributed by atoms with van der Waals surface area (Å²) in [6.45, 7) is 1.53. The van der Waals surface area contributed by atoms with E-state index < -0.39 is 0 Å². The monoisotopic (exact) mass is 171 g/mol. The lowest BCUT2D eigenvalue weighted by atomic mass is 10.3. The fourth-order valence-corrected chi connectivity index (χ4v) is 0.835. The van der Waals surface area contributed by atoms with E-state index in [1.54, 1.807) is 13.1 Å². The Balaban J connectivity index is 3.86. The summed E-state index contributed by atoms with van der Waals surface area (Å²) in [6, 6.07) is 0. The van der Waals surface area contributed by atoms with Crippen LogP contribution in [-0.2, 0) is 0 Å². The second-order valence-corrected chi connectivity index (χ2v) is 2.54. The second kappa shape index (κ2) is 6.82. The molecule has 0 unspecified atom stereocenters. The van der Waals surface area contributed by atoms with Gasteiger partial charge in [0, 0.05) is 25.8 Å². The molecule has 0 atom stereocenters. The summed E-state index contributed by atoms with van der Waals surface area (Å²) in [4.78, 5) is 6.00. The van der Waals surface area contributed by atoms with Crippen LogP contribution in [0.5, 0.6) is 0 Å². The molecule has 0 saturated heterocycles. The van der Waals surface area contributed by atoms with Crippen molar-refractivity contribution in [2.45, 2.75) is 0 Å². The molecule has 4 heteroatoms. The fraction of sp³-hybridized carbons (Fsp3) is 0.625. The van der Waals surface area contributed by atoms with Crippen LogP contribution in [0.3, 0.4) is 0 Å². The summed E-state index contributed by atoms with van der Waals surface area (Å²) in [5.41, 5.74) is 6.14. The molecule has 0 spiro atoms. The third kappa shape index (κ3) is 4.87. The van der Waals surface area contributed by atoms with Gasteiger partial charge in [0.25, 0.3) is 0 Å². The minimum Gasteiger partial charge on any atom is -0.405 e. The molecule has 0 aliphatic carbocycles. The first kappa shape index (κ1) is 11.1. The molecule has 0 fully saturated rings. The zero-order valence-electron chi connectivity index (χ0n) is 7.70. The Hall–Kier alpha value is -0.870. The molecule has 0 aliphatic heterocycles. The maximum atomic E-state index is 8.63.